The number of carbonyl (C=O) groups excluding carboxylic acids is 1. The van der Waals surface area contributed by atoms with Crippen LogP contribution >= 0.6 is 0 Å². The van der Waals surface area contributed by atoms with Gasteiger partial charge in [-0.3, -0.25) is 19.6 Å². The number of nitrogens with zero attached hydrogens (tertiary/aromatic N) is 8. The highest BCUT2D eigenvalue weighted by molar-refractivity contribution is 5.76. The van der Waals surface area contributed by atoms with Crippen LogP contribution < -0.4 is 19.3 Å². The zero-order chi connectivity index (χ0) is 34.2. The number of hydrogen-bond donors (Lipinski definition) is 1. The van der Waals surface area contributed by atoms with Crippen LogP contribution in [0.2, 0.25) is 0 Å². The van der Waals surface area contributed by atoms with Crippen LogP contribution in [0.1, 0.15) is 42.3 Å². The molecule has 2 aliphatic carbocycles. The summed E-state index contributed by atoms with van der Waals surface area (Å²) in [5.41, 5.74) is 5.43. The molecule has 0 fully saturated rings. The van der Waals surface area contributed by atoms with Crippen LogP contribution in [0.15, 0.2) is 36.7 Å². The maximum atomic E-state index is 11.8. The van der Waals surface area contributed by atoms with Crippen LogP contribution in [-0.4, -0.2) is 95.0 Å². The Bertz CT molecular complexity index is 1780. The number of carboxylic acids is 1. The number of carbonyl (C=O) groups is 2. The van der Waals surface area contributed by atoms with Crippen molar-refractivity contribution < 1.29 is 28.9 Å². The van der Waals surface area contributed by atoms with Crippen molar-refractivity contribution in [2.45, 2.75) is 45.4 Å². The van der Waals surface area contributed by atoms with Crippen molar-refractivity contribution in [2.75, 3.05) is 57.8 Å². The minimum absolute atomic E-state index is 0.103. The zero-order valence-corrected chi connectivity index (χ0v) is 27.9. The fourth-order valence-corrected chi connectivity index (χ4v) is 5.76. The summed E-state index contributed by atoms with van der Waals surface area (Å²) < 4.78 is 15.5. The average molecular weight is 657 g/mol. The van der Waals surface area contributed by atoms with Gasteiger partial charge in [0.1, 0.15) is 47.6 Å². The number of esters is 1. The summed E-state index contributed by atoms with van der Waals surface area (Å²) >= 11 is 0. The SMILES string of the molecule is CCOC(=O)CN(C)c1nc(-c2cc(OC)ccn2)nc2c1CCC2.COc1ccnc(-c2nc3c(c(N(C)CC(=O)O)n2)CCC3)c1. The molecule has 6 rings (SSSR count). The highest BCUT2D eigenvalue weighted by Gasteiger charge is 2.25. The molecule has 14 nitrogen and oxygen atoms in total. The highest BCUT2D eigenvalue weighted by atomic mass is 16.5. The second-order valence-electron chi connectivity index (χ2n) is 11.4. The van der Waals surface area contributed by atoms with Gasteiger partial charge in [-0.15, -0.1) is 0 Å². The van der Waals surface area contributed by atoms with Crippen LogP contribution in [0.4, 0.5) is 11.6 Å². The summed E-state index contributed by atoms with van der Waals surface area (Å²) in [5.74, 6) is 2.72. The standard InChI is InChI=1S/C18H22N4O3.C16H18N4O3/c1-4-25-16(23)11-22(2)18-13-6-5-7-14(13)20-17(21-18)15-10-12(24-3)8-9-19-15;1-20(9-14(21)22)16-11-4-3-5-12(11)18-15(19-16)13-8-10(23-2)6-7-17-13/h8-10H,4-7,11H2,1-3H3;6-8H,3-5,9H2,1-2H3,(H,21,22). The van der Waals surface area contributed by atoms with Gasteiger partial charge >= 0.3 is 11.9 Å². The van der Waals surface area contributed by atoms with Gasteiger partial charge in [-0.25, -0.2) is 19.9 Å². The molecule has 0 aromatic carbocycles. The Morgan fingerprint density at radius 1 is 0.750 bits per heavy atom. The Labute approximate surface area is 279 Å². The van der Waals surface area contributed by atoms with Gasteiger partial charge in [-0.1, -0.05) is 0 Å². The normalized spacial score (nSPS) is 12.7. The number of aromatic nitrogens is 6. The Kier molecular flexibility index (Phi) is 10.9. The van der Waals surface area contributed by atoms with Crippen molar-refractivity contribution in [3.63, 3.8) is 0 Å². The topological polar surface area (TPSA) is 166 Å². The van der Waals surface area contributed by atoms with Crippen LogP contribution in [0.3, 0.4) is 0 Å². The van der Waals surface area contributed by atoms with Crippen molar-refractivity contribution >= 4 is 23.6 Å². The number of anilines is 2. The number of methoxy groups -OCH3 is 2. The van der Waals surface area contributed by atoms with Gasteiger partial charge in [0.2, 0.25) is 0 Å². The molecule has 2 aliphatic rings. The Balaban J connectivity index is 0.000000188. The minimum atomic E-state index is -0.890. The molecule has 4 heterocycles. The summed E-state index contributed by atoms with van der Waals surface area (Å²) in [4.78, 5) is 53.5. The molecular formula is C34H40N8O6. The van der Waals surface area contributed by atoms with E-state index in [4.69, 9.17) is 24.3 Å². The third-order valence-corrected chi connectivity index (χ3v) is 7.98. The first kappa shape index (κ1) is 33.9. The van der Waals surface area contributed by atoms with Gasteiger partial charge in [0, 0.05) is 61.1 Å². The number of aliphatic carboxylic acids is 1. The lowest BCUT2D eigenvalue weighted by atomic mass is 10.2. The molecular weight excluding hydrogens is 616 g/mol. The second-order valence-corrected chi connectivity index (χ2v) is 11.4. The predicted octanol–water partition coefficient (Wildman–Crippen LogP) is 3.59. The van der Waals surface area contributed by atoms with E-state index in [0.717, 1.165) is 66.9 Å². The van der Waals surface area contributed by atoms with Crippen LogP contribution in [0, 0.1) is 0 Å². The van der Waals surface area contributed by atoms with Gasteiger partial charge in [-0.05, 0) is 57.6 Å². The van der Waals surface area contributed by atoms with Crippen molar-refractivity contribution in [3.8, 4) is 34.5 Å². The largest absolute Gasteiger partial charge is 0.497 e. The molecule has 0 spiro atoms. The van der Waals surface area contributed by atoms with E-state index in [2.05, 4.69) is 24.9 Å². The van der Waals surface area contributed by atoms with E-state index in [1.807, 2.05) is 18.0 Å². The number of fused-ring (bicyclic) bond motifs is 2. The summed E-state index contributed by atoms with van der Waals surface area (Å²) in [7, 11) is 6.79. The molecule has 14 heteroatoms. The summed E-state index contributed by atoms with van der Waals surface area (Å²) in [5, 5.41) is 9.03. The van der Waals surface area contributed by atoms with Crippen molar-refractivity contribution in [1.29, 1.82) is 0 Å². The van der Waals surface area contributed by atoms with Crippen molar-refractivity contribution in [1.82, 2.24) is 29.9 Å². The van der Waals surface area contributed by atoms with Gasteiger partial charge in [0.25, 0.3) is 0 Å². The lowest BCUT2D eigenvalue weighted by Crippen LogP contribution is -2.29. The van der Waals surface area contributed by atoms with Crippen LogP contribution in [0.25, 0.3) is 23.0 Å². The number of carboxylic acid groups (broad SMARTS) is 1. The first-order chi connectivity index (χ1) is 23.2. The molecule has 0 atom stereocenters. The molecule has 0 bridgehead atoms. The molecule has 0 radical (unpaired) electrons. The predicted molar refractivity (Wildman–Crippen MR) is 178 cm³/mol. The van der Waals surface area contributed by atoms with Crippen LogP contribution in [-0.2, 0) is 40.0 Å². The molecule has 1 N–H and O–H groups in total. The highest BCUT2D eigenvalue weighted by Crippen LogP contribution is 2.32. The smallest absolute Gasteiger partial charge is 0.325 e. The van der Waals surface area contributed by atoms with Crippen LogP contribution in [0.5, 0.6) is 11.5 Å². The van der Waals surface area contributed by atoms with Gasteiger partial charge in [-0.2, -0.15) is 0 Å². The Morgan fingerprint density at radius 2 is 1.23 bits per heavy atom. The average Bonchev–Trinajstić information content (AvgIpc) is 3.77. The van der Waals surface area contributed by atoms with E-state index in [-0.39, 0.29) is 19.1 Å². The number of rotatable bonds is 11. The lowest BCUT2D eigenvalue weighted by molar-refractivity contribution is -0.141. The number of aryl methyl sites for hydroxylation is 2. The van der Waals surface area contributed by atoms with Gasteiger partial charge in [0.05, 0.1) is 20.8 Å². The molecule has 0 unspecified atom stereocenters. The molecule has 4 aromatic rings. The molecule has 252 valence electrons. The molecule has 0 amide bonds. The third kappa shape index (κ3) is 7.93. The molecule has 4 aromatic heterocycles. The first-order valence-corrected chi connectivity index (χ1v) is 15.8. The third-order valence-electron chi connectivity index (χ3n) is 7.98. The summed E-state index contributed by atoms with van der Waals surface area (Å²) in [6, 6.07) is 7.13. The number of likely N-dealkylation sites (N-methyl/N-ethyl adjacent to an activating group) is 2. The van der Waals surface area contributed by atoms with Gasteiger partial charge in [0.15, 0.2) is 11.6 Å². The quantitative estimate of drug-likeness (QED) is 0.233. The fraction of sp³-hybridized carbons (Fsp3) is 0.412. The van der Waals surface area contributed by atoms with E-state index in [1.165, 1.54) is 0 Å². The van der Waals surface area contributed by atoms with E-state index in [1.54, 1.807) is 63.7 Å². The maximum Gasteiger partial charge on any atom is 0.325 e. The van der Waals surface area contributed by atoms with Crippen molar-refractivity contribution in [3.05, 3.63) is 59.2 Å². The van der Waals surface area contributed by atoms with Gasteiger partial charge < -0.3 is 29.1 Å². The summed E-state index contributed by atoms with van der Waals surface area (Å²) in [6.45, 7) is 2.22. The first-order valence-electron chi connectivity index (χ1n) is 15.8. The number of hydrogen-bond acceptors (Lipinski definition) is 13. The monoisotopic (exact) mass is 656 g/mol. The molecule has 48 heavy (non-hydrogen) atoms. The second kappa shape index (κ2) is 15.5. The van der Waals surface area contributed by atoms with E-state index < -0.39 is 5.97 Å². The molecule has 0 aliphatic heterocycles. The van der Waals surface area contributed by atoms with E-state index in [0.29, 0.717) is 47.0 Å². The number of pyridine rings is 2. The number of ether oxygens (including phenoxy) is 3. The minimum Gasteiger partial charge on any atom is -0.497 e. The maximum absolute atomic E-state index is 11.8. The van der Waals surface area contributed by atoms with Crippen molar-refractivity contribution in [2.24, 2.45) is 0 Å². The molecule has 0 saturated carbocycles. The van der Waals surface area contributed by atoms with E-state index in [9.17, 15) is 9.59 Å². The zero-order valence-electron chi connectivity index (χ0n) is 27.9. The summed E-state index contributed by atoms with van der Waals surface area (Å²) in [6.07, 6.45) is 8.95. The fourth-order valence-electron chi connectivity index (χ4n) is 5.76. The Morgan fingerprint density at radius 3 is 1.67 bits per heavy atom. The van der Waals surface area contributed by atoms with E-state index >= 15 is 0 Å². The molecule has 0 saturated heterocycles. The lowest BCUT2D eigenvalue weighted by Gasteiger charge is -2.20. The Hall–Kier alpha value is -5.40.